The number of hydrogen-bond donors (Lipinski definition) is 0. The number of rotatable bonds is 5. The fourth-order valence-corrected chi connectivity index (χ4v) is 3.80. The largest absolute Gasteiger partial charge is 0.493 e. The van der Waals surface area contributed by atoms with E-state index in [1.54, 1.807) is 14.2 Å². The Morgan fingerprint density at radius 1 is 1.12 bits per heavy atom. The van der Waals surface area contributed by atoms with Gasteiger partial charge in [-0.2, -0.15) is 0 Å². The molecule has 0 fully saturated rings. The predicted octanol–water partition coefficient (Wildman–Crippen LogP) is 4.19. The summed E-state index contributed by atoms with van der Waals surface area (Å²) in [5, 5.41) is 0. The summed E-state index contributed by atoms with van der Waals surface area (Å²) < 4.78 is 11.1. The number of methoxy groups -OCH3 is 2. The monoisotopic (exact) mass is 337 g/mol. The fourth-order valence-electron chi connectivity index (χ4n) is 3.80. The van der Waals surface area contributed by atoms with Crippen LogP contribution in [-0.4, -0.2) is 38.8 Å². The van der Waals surface area contributed by atoms with E-state index < -0.39 is 0 Å². The minimum atomic E-state index is 0.318. The van der Waals surface area contributed by atoms with Crippen LogP contribution >= 0.6 is 0 Å². The molecule has 0 aliphatic carbocycles. The molecule has 3 heteroatoms. The van der Waals surface area contributed by atoms with E-state index in [-0.39, 0.29) is 0 Å². The summed E-state index contributed by atoms with van der Waals surface area (Å²) in [7, 11) is 3.40. The number of ether oxygens (including phenoxy) is 2. The molecule has 0 saturated carbocycles. The summed E-state index contributed by atoms with van der Waals surface area (Å²) in [6.45, 7) is 9.03. The minimum Gasteiger partial charge on any atom is -0.493 e. The zero-order valence-corrected chi connectivity index (χ0v) is 15.4. The third-order valence-electron chi connectivity index (χ3n) is 5.11. The summed E-state index contributed by atoms with van der Waals surface area (Å²) in [4.78, 5) is 2.48. The van der Waals surface area contributed by atoms with E-state index >= 15 is 0 Å². The minimum absolute atomic E-state index is 0.318. The molecular formula is C22H27NO2. The summed E-state index contributed by atoms with van der Waals surface area (Å²) >= 11 is 0. The number of aryl methyl sites for hydroxylation is 1. The molecule has 1 aliphatic rings. The smallest absolute Gasteiger partial charge is 0.161 e. The van der Waals surface area contributed by atoms with Gasteiger partial charge in [0, 0.05) is 25.6 Å². The molecule has 1 aliphatic heterocycles. The Bertz CT molecular complexity index is 754. The molecule has 1 heterocycles. The van der Waals surface area contributed by atoms with Crippen molar-refractivity contribution < 1.29 is 9.47 Å². The highest BCUT2D eigenvalue weighted by atomic mass is 16.5. The molecule has 0 N–H and O–H groups in total. The van der Waals surface area contributed by atoms with Crippen LogP contribution in [0.5, 0.6) is 11.5 Å². The first-order valence-electron chi connectivity index (χ1n) is 8.81. The average molecular weight is 337 g/mol. The van der Waals surface area contributed by atoms with Crippen LogP contribution in [0.3, 0.4) is 0 Å². The standard InChI is InChI=1S/C22H27NO2/c1-5-11-23-12-10-17-13-21(24-3)22(25-4)14-19(17)20(15-23)18-9-7-6-8-16(18)2/h5-9,13-14,20H,1,10-12,15H2,2-4H3. The topological polar surface area (TPSA) is 21.7 Å². The second-order valence-corrected chi connectivity index (χ2v) is 6.61. The normalized spacial score (nSPS) is 17.5. The van der Waals surface area contributed by atoms with Crippen molar-refractivity contribution >= 4 is 0 Å². The van der Waals surface area contributed by atoms with E-state index in [4.69, 9.17) is 9.47 Å². The molecule has 1 atom stereocenters. The van der Waals surface area contributed by atoms with Gasteiger partial charge >= 0.3 is 0 Å². The van der Waals surface area contributed by atoms with E-state index in [0.717, 1.165) is 37.6 Å². The highest BCUT2D eigenvalue weighted by Crippen LogP contribution is 2.39. The van der Waals surface area contributed by atoms with Crippen molar-refractivity contribution in [2.45, 2.75) is 19.3 Å². The van der Waals surface area contributed by atoms with E-state index in [1.807, 2.05) is 6.08 Å². The maximum Gasteiger partial charge on any atom is 0.161 e. The first kappa shape index (κ1) is 17.6. The van der Waals surface area contributed by atoms with Crippen molar-refractivity contribution in [1.82, 2.24) is 4.90 Å². The molecule has 1 unspecified atom stereocenters. The molecule has 2 aromatic rings. The van der Waals surface area contributed by atoms with Crippen molar-refractivity contribution in [3.8, 4) is 11.5 Å². The summed E-state index contributed by atoms with van der Waals surface area (Å²) in [5.74, 6) is 1.93. The van der Waals surface area contributed by atoms with Crippen LogP contribution in [0.15, 0.2) is 49.1 Å². The maximum absolute atomic E-state index is 5.58. The number of nitrogens with zero attached hydrogens (tertiary/aromatic N) is 1. The van der Waals surface area contributed by atoms with Gasteiger partial charge in [0.25, 0.3) is 0 Å². The van der Waals surface area contributed by atoms with Gasteiger partial charge in [0.1, 0.15) is 0 Å². The van der Waals surface area contributed by atoms with Crippen molar-refractivity contribution in [2.75, 3.05) is 33.9 Å². The quantitative estimate of drug-likeness (QED) is 0.764. The number of fused-ring (bicyclic) bond motifs is 1. The van der Waals surface area contributed by atoms with Crippen molar-refractivity contribution in [3.05, 3.63) is 71.3 Å². The van der Waals surface area contributed by atoms with E-state index in [2.05, 4.69) is 54.8 Å². The lowest BCUT2D eigenvalue weighted by atomic mass is 9.85. The molecule has 0 bridgehead atoms. The number of hydrogen-bond acceptors (Lipinski definition) is 3. The zero-order chi connectivity index (χ0) is 17.8. The van der Waals surface area contributed by atoms with E-state index in [9.17, 15) is 0 Å². The van der Waals surface area contributed by atoms with Crippen molar-refractivity contribution in [1.29, 1.82) is 0 Å². The predicted molar refractivity (Wildman–Crippen MR) is 103 cm³/mol. The van der Waals surface area contributed by atoms with Gasteiger partial charge in [-0.05, 0) is 47.7 Å². The third-order valence-corrected chi connectivity index (χ3v) is 5.11. The molecule has 0 aromatic heterocycles. The van der Waals surface area contributed by atoms with Crippen LogP contribution in [0.1, 0.15) is 28.2 Å². The number of benzene rings is 2. The van der Waals surface area contributed by atoms with Crippen LogP contribution in [0.2, 0.25) is 0 Å². The van der Waals surface area contributed by atoms with Gasteiger partial charge in [-0.3, -0.25) is 4.90 Å². The van der Waals surface area contributed by atoms with Gasteiger partial charge in [-0.25, -0.2) is 0 Å². The maximum atomic E-state index is 5.58. The lowest BCUT2D eigenvalue weighted by Gasteiger charge is -2.26. The Kier molecular flexibility index (Phi) is 5.44. The Hall–Kier alpha value is -2.26. The van der Waals surface area contributed by atoms with E-state index in [1.165, 1.54) is 22.3 Å². The molecule has 0 spiro atoms. The second kappa shape index (κ2) is 7.75. The SMILES string of the molecule is C=CCN1CCc2cc(OC)c(OC)cc2C(c2ccccc2C)C1. The van der Waals surface area contributed by atoms with Crippen LogP contribution in [0, 0.1) is 6.92 Å². The molecular weight excluding hydrogens is 310 g/mol. The molecule has 3 nitrogen and oxygen atoms in total. The molecule has 0 saturated heterocycles. The third kappa shape index (κ3) is 3.57. The average Bonchev–Trinajstić information content (AvgIpc) is 2.80. The van der Waals surface area contributed by atoms with Crippen LogP contribution in [0.4, 0.5) is 0 Å². The molecule has 25 heavy (non-hydrogen) atoms. The first-order chi connectivity index (χ1) is 12.2. The second-order valence-electron chi connectivity index (χ2n) is 6.61. The lowest BCUT2D eigenvalue weighted by Crippen LogP contribution is -2.29. The molecule has 0 amide bonds. The Labute approximate surface area is 150 Å². The van der Waals surface area contributed by atoms with Gasteiger partial charge in [-0.1, -0.05) is 30.3 Å². The fraction of sp³-hybridized carbons (Fsp3) is 0.364. The lowest BCUT2D eigenvalue weighted by molar-refractivity contribution is 0.306. The highest BCUT2D eigenvalue weighted by Gasteiger charge is 2.26. The Balaban J connectivity index is 2.13. The molecule has 0 radical (unpaired) electrons. The van der Waals surface area contributed by atoms with Gasteiger partial charge < -0.3 is 9.47 Å². The van der Waals surface area contributed by atoms with Crippen LogP contribution < -0.4 is 9.47 Å². The van der Waals surface area contributed by atoms with E-state index in [0.29, 0.717) is 5.92 Å². The van der Waals surface area contributed by atoms with Gasteiger partial charge in [-0.15, -0.1) is 6.58 Å². The summed E-state index contributed by atoms with van der Waals surface area (Å²) in [6.07, 6.45) is 3.00. The Morgan fingerprint density at radius 3 is 2.52 bits per heavy atom. The zero-order valence-electron chi connectivity index (χ0n) is 15.4. The van der Waals surface area contributed by atoms with Crippen molar-refractivity contribution in [2.24, 2.45) is 0 Å². The van der Waals surface area contributed by atoms with Gasteiger partial charge in [0.2, 0.25) is 0 Å². The van der Waals surface area contributed by atoms with Gasteiger partial charge in [0.15, 0.2) is 11.5 Å². The highest BCUT2D eigenvalue weighted by molar-refractivity contribution is 5.52. The van der Waals surface area contributed by atoms with Crippen LogP contribution in [-0.2, 0) is 6.42 Å². The summed E-state index contributed by atoms with van der Waals surface area (Å²) in [5.41, 5.74) is 5.40. The van der Waals surface area contributed by atoms with Crippen LogP contribution in [0.25, 0.3) is 0 Å². The molecule has 3 rings (SSSR count). The molecule has 132 valence electrons. The Morgan fingerprint density at radius 2 is 1.84 bits per heavy atom. The molecule has 2 aromatic carbocycles. The van der Waals surface area contributed by atoms with Gasteiger partial charge in [0.05, 0.1) is 14.2 Å². The first-order valence-corrected chi connectivity index (χ1v) is 8.81. The summed E-state index contributed by atoms with van der Waals surface area (Å²) in [6, 6.07) is 13.0. The van der Waals surface area contributed by atoms with Crippen molar-refractivity contribution in [3.63, 3.8) is 0 Å².